The first kappa shape index (κ1) is 14.7. The summed E-state index contributed by atoms with van der Waals surface area (Å²) in [5.41, 5.74) is 1.57. The van der Waals surface area contributed by atoms with Crippen molar-refractivity contribution < 1.29 is 25.2 Å². The van der Waals surface area contributed by atoms with Crippen molar-refractivity contribution in [1.29, 1.82) is 0 Å². The van der Waals surface area contributed by atoms with Crippen LogP contribution in [0.2, 0.25) is 0 Å². The van der Waals surface area contributed by atoms with Gasteiger partial charge < -0.3 is 25.2 Å². The number of hydrogen-bond donors (Lipinski definition) is 2. The van der Waals surface area contributed by atoms with E-state index in [1.165, 1.54) is 26.4 Å². The Morgan fingerprint density at radius 3 is 1.68 bits per heavy atom. The van der Waals surface area contributed by atoms with Crippen molar-refractivity contribution in [2.75, 3.05) is 14.2 Å². The Labute approximate surface area is 111 Å². The predicted octanol–water partition coefficient (Wildman–Crippen LogP) is 1.96. The molecule has 2 rings (SSSR count). The Balaban J connectivity index is 0.00000180. The molecule has 5 heteroatoms. The van der Waals surface area contributed by atoms with Gasteiger partial charge in [0.05, 0.1) is 19.8 Å². The molecule has 0 aromatic heterocycles. The minimum Gasteiger partial charge on any atom is -0.508 e. The van der Waals surface area contributed by atoms with Gasteiger partial charge in [0, 0.05) is 12.1 Å². The van der Waals surface area contributed by atoms with E-state index in [9.17, 15) is 10.2 Å². The van der Waals surface area contributed by atoms with E-state index in [-0.39, 0.29) is 17.0 Å². The maximum Gasteiger partial charge on any atom is 0.134 e. The lowest BCUT2D eigenvalue weighted by atomic mass is 10.0. The second-order valence-corrected chi connectivity index (χ2v) is 3.77. The summed E-state index contributed by atoms with van der Waals surface area (Å²) in [6, 6.07) is 9.72. The number of aromatic hydroxyl groups is 2. The van der Waals surface area contributed by atoms with Gasteiger partial charge >= 0.3 is 0 Å². The molecule has 0 amide bonds. The lowest BCUT2D eigenvalue weighted by Crippen LogP contribution is -1.93. The van der Waals surface area contributed by atoms with Crippen LogP contribution in [0.15, 0.2) is 36.4 Å². The first-order valence-electron chi connectivity index (χ1n) is 5.40. The molecule has 0 bridgehead atoms. The van der Waals surface area contributed by atoms with E-state index < -0.39 is 0 Å². The maximum atomic E-state index is 9.57. The maximum absolute atomic E-state index is 9.57. The van der Waals surface area contributed by atoms with Gasteiger partial charge in [-0.3, -0.25) is 0 Å². The molecule has 0 heterocycles. The zero-order valence-electron chi connectivity index (χ0n) is 10.7. The fourth-order valence-corrected chi connectivity index (χ4v) is 1.81. The van der Waals surface area contributed by atoms with Gasteiger partial charge in [0.1, 0.15) is 23.0 Å². The summed E-state index contributed by atoms with van der Waals surface area (Å²) < 4.78 is 10.5. The van der Waals surface area contributed by atoms with Crippen molar-refractivity contribution >= 4 is 0 Å². The van der Waals surface area contributed by atoms with Gasteiger partial charge in [-0.2, -0.15) is 0 Å². The molecule has 0 aliphatic rings. The third-order valence-electron chi connectivity index (χ3n) is 2.65. The highest BCUT2D eigenvalue weighted by Gasteiger charge is 2.14. The van der Waals surface area contributed by atoms with Gasteiger partial charge in [0.15, 0.2) is 0 Å². The van der Waals surface area contributed by atoms with Gasteiger partial charge in [-0.05, 0) is 17.7 Å². The van der Waals surface area contributed by atoms with Crippen molar-refractivity contribution in [3.05, 3.63) is 36.4 Å². The third kappa shape index (κ3) is 2.89. The molecular weight excluding hydrogens is 248 g/mol. The highest BCUT2D eigenvalue weighted by molar-refractivity contribution is 5.78. The fourth-order valence-electron chi connectivity index (χ4n) is 1.81. The number of phenols is 2. The average Bonchev–Trinajstić information content (AvgIpc) is 2.39. The molecule has 0 atom stereocenters. The van der Waals surface area contributed by atoms with Crippen LogP contribution in [0.3, 0.4) is 0 Å². The topological polar surface area (TPSA) is 90.4 Å². The summed E-state index contributed by atoms with van der Waals surface area (Å²) in [7, 11) is 3.05. The van der Waals surface area contributed by atoms with Crippen LogP contribution >= 0.6 is 0 Å². The van der Waals surface area contributed by atoms with E-state index in [0.29, 0.717) is 11.5 Å². The van der Waals surface area contributed by atoms with Crippen LogP contribution in [0.1, 0.15) is 0 Å². The standard InChI is InChI=1S/C14H14O4.H2O/c1-17-12-7-11(16)8-13(18-2)14(12)9-3-5-10(15)6-4-9;/h3-8,15-16H,1-2H3;1H2. The summed E-state index contributed by atoms with van der Waals surface area (Å²) >= 11 is 0. The number of rotatable bonds is 3. The number of benzene rings is 2. The van der Waals surface area contributed by atoms with Gasteiger partial charge in [-0.15, -0.1) is 0 Å². The fraction of sp³-hybridized carbons (Fsp3) is 0.143. The second kappa shape index (κ2) is 5.97. The molecule has 5 nitrogen and oxygen atoms in total. The van der Waals surface area contributed by atoms with Crippen LogP contribution in [-0.4, -0.2) is 29.9 Å². The van der Waals surface area contributed by atoms with Gasteiger partial charge in [0.2, 0.25) is 0 Å². The molecule has 0 fully saturated rings. The minimum absolute atomic E-state index is 0. The molecule has 0 spiro atoms. The van der Waals surface area contributed by atoms with E-state index in [1.807, 2.05) is 0 Å². The van der Waals surface area contributed by atoms with Crippen molar-refractivity contribution in [1.82, 2.24) is 0 Å². The van der Waals surface area contributed by atoms with E-state index in [2.05, 4.69) is 0 Å². The predicted molar refractivity (Wildman–Crippen MR) is 71.9 cm³/mol. The van der Waals surface area contributed by atoms with Crippen LogP contribution in [0.4, 0.5) is 0 Å². The zero-order valence-corrected chi connectivity index (χ0v) is 10.7. The molecule has 102 valence electrons. The Morgan fingerprint density at radius 2 is 1.26 bits per heavy atom. The van der Waals surface area contributed by atoms with Crippen molar-refractivity contribution in [3.8, 4) is 34.1 Å². The molecule has 0 saturated heterocycles. The largest absolute Gasteiger partial charge is 0.508 e. The summed E-state index contributed by atoms with van der Waals surface area (Å²) in [6.07, 6.45) is 0. The first-order chi connectivity index (χ1) is 8.65. The second-order valence-electron chi connectivity index (χ2n) is 3.77. The molecule has 0 aliphatic carbocycles. The monoisotopic (exact) mass is 264 g/mol. The van der Waals surface area contributed by atoms with Crippen molar-refractivity contribution in [3.63, 3.8) is 0 Å². The Morgan fingerprint density at radius 1 is 0.789 bits per heavy atom. The smallest absolute Gasteiger partial charge is 0.134 e. The molecule has 2 aromatic carbocycles. The molecule has 4 N–H and O–H groups in total. The molecule has 0 radical (unpaired) electrons. The third-order valence-corrected chi connectivity index (χ3v) is 2.65. The Bertz CT molecular complexity index is 523. The van der Waals surface area contributed by atoms with Gasteiger partial charge in [-0.1, -0.05) is 12.1 Å². The summed E-state index contributed by atoms with van der Waals surface area (Å²) in [5.74, 6) is 1.29. The lowest BCUT2D eigenvalue weighted by Gasteiger charge is -2.14. The summed E-state index contributed by atoms with van der Waals surface area (Å²) in [4.78, 5) is 0. The van der Waals surface area contributed by atoms with Gasteiger partial charge in [0.25, 0.3) is 0 Å². The van der Waals surface area contributed by atoms with E-state index >= 15 is 0 Å². The highest BCUT2D eigenvalue weighted by Crippen LogP contribution is 2.41. The Kier molecular flexibility index (Phi) is 4.61. The zero-order chi connectivity index (χ0) is 13.1. The number of ether oxygens (including phenoxy) is 2. The van der Waals surface area contributed by atoms with Crippen LogP contribution in [0.25, 0.3) is 11.1 Å². The Hall–Kier alpha value is -2.40. The molecule has 0 unspecified atom stereocenters. The van der Waals surface area contributed by atoms with E-state index in [4.69, 9.17) is 9.47 Å². The minimum atomic E-state index is 0. The quantitative estimate of drug-likeness (QED) is 0.886. The molecule has 0 aliphatic heterocycles. The van der Waals surface area contributed by atoms with Crippen LogP contribution in [0.5, 0.6) is 23.0 Å². The molecule has 19 heavy (non-hydrogen) atoms. The number of phenolic OH excluding ortho intramolecular Hbond substituents is 2. The SMILES string of the molecule is COc1cc(O)cc(OC)c1-c1ccc(O)cc1.O. The summed E-state index contributed by atoms with van der Waals surface area (Å²) in [6.45, 7) is 0. The first-order valence-corrected chi connectivity index (χ1v) is 5.40. The van der Waals surface area contributed by atoms with Crippen molar-refractivity contribution in [2.24, 2.45) is 0 Å². The summed E-state index contributed by atoms with van der Waals surface area (Å²) in [5, 5.41) is 18.9. The highest BCUT2D eigenvalue weighted by atomic mass is 16.5. The van der Waals surface area contributed by atoms with Crippen LogP contribution < -0.4 is 9.47 Å². The van der Waals surface area contributed by atoms with Crippen LogP contribution in [0, 0.1) is 0 Å². The molecule has 2 aromatic rings. The van der Waals surface area contributed by atoms with E-state index in [0.717, 1.165) is 11.1 Å². The lowest BCUT2D eigenvalue weighted by molar-refractivity contribution is 0.388. The van der Waals surface area contributed by atoms with E-state index in [1.54, 1.807) is 24.3 Å². The van der Waals surface area contributed by atoms with Crippen LogP contribution in [-0.2, 0) is 0 Å². The normalized spacial score (nSPS) is 9.58. The van der Waals surface area contributed by atoms with Gasteiger partial charge in [-0.25, -0.2) is 0 Å². The molecule has 0 saturated carbocycles. The average molecular weight is 264 g/mol. The van der Waals surface area contributed by atoms with Crippen molar-refractivity contribution in [2.45, 2.75) is 0 Å². The molecular formula is C14H16O5. The number of hydrogen-bond acceptors (Lipinski definition) is 4. The number of methoxy groups -OCH3 is 2.